The van der Waals surface area contributed by atoms with Gasteiger partial charge in [0, 0.05) is 0 Å². The third kappa shape index (κ3) is 2.36. The van der Waals surface area contributed by atoms with E-state index in [2.05, 4.69) is 0 Å². The Bertz CT molecular complexity index is 716. The van der Waals surface area contributed by atoms with Gasteiger partial charge in [-0.15, -0.1) is 0 Å². The zero-order valence-electron chi connectivity index (χ0n) is 11.5. The van der Waals surface area contributed by atoms with Gasteiger partial charge in [0.25, 0.3) is 11.8 Å². The van der Waals surface area contributed by atoms with Crippen LogP contribution in [0.2, 0.25) is 0 Å². The van der Waals surface area contributed by atoms with E-state index in [1.807, 2.05) is 0 Å². The van der Waals surface area contributed by atoms with Gasteiger partial charge in [0.05, 0.1) is 11.1 Å². The molecule has 2 aliphatic heterocycles. The summed E-state index contributed by atoms with van der Waals surface area (Å²) in [6.45, 7) is 0. The molecule has 122 valence electrons. The molecule has 1 saturated heterocycles. The van der Waals surface area contributed by atoms with Crippen molar-refractivity contribution in [1.82, 2.24) is 10.2 Å². The monoisotopic (exact) mass is 330 g/mol. The molecule has 0 aliphatic carbocycles. The fraction of sp³-hybridized carbons (Fsp3) is 0.357. The molecule has 1 aromatic rings. The van der Waals surface area contributed by atoms with Crippen LogP contribution in [0, 0.1) is 5.82 Å². The standard InChI is InChI=1S/C14H10F4N2O3/c15-7-3-1-2-6-10(7)13(23)20(12(6)22)8-4-5-9(14(16,17)18)19-11(8)21/h1-3,8-9H,4-5H2,(H,19,21). The minimum atomic E-state index is -4.60. The Hall–Kier alpha value is -2.45. The molecule has 2 heterocycles. The molecular weight excluding hydrogens is 320 g/mol. The van der Waals surface area contributed by atoms with Gasteiger partial charge in [-0.1, -0.05) is 6.07 Å². The first-order valence-corrected chi connectivity index (χ1v) is 6.75. The molecule has 2 aliphatic rings. The number of carbonyl (C=O) groups is 3. The van der Waals surface area contributed by atoms with Crippen molar-refractivity contribution in [2.45, 2.75) is 31.1 Å². The largest absolute Gasteiger partial charge is 0.408 e. The minimum Gasteiger partial charge on any atom is -0.343 e. The van der Waals surface area contributed by atoms with Gasteiger partial charge in [-0.05, 0) is 25.0 Å². The van der Waals surface area contributed by atoms with Crippen molar-refractivity contribution >= 4 is 17.7 Å². The van der Waals surface area contributed by atoms with Gasteiger partial charge in [0.1, 0.15) is 17.9 Å². The average Bonchev–Trinajstić information content (AvgIpc) is 2.71. The van der Waals surface area contributed by atoms with Crippen LogP contribution in [0.15, 0.2) is 18.2 Å². The second-order valence-electron chi connectivity index (χ2n) is 5.34. The lowest BCUT2D eigenvalue weighted by atomic mass is 9.98. The van der Waals surface area contributed by atoms with E-state index in [1.165, 1.54) is 12.1 Å². The summed E-state index contributed by atoms with van der Waals surface area (Å²) in [5.74, 6) is -3.87. The van der Waals surface area contributed by atoms with E-state index < -0.39 is 53.8 Å². The summed E-state index contributed by atoms with van der Waals surface area (Å²) in [4.78, 5) is 36.9. The minimum absolute atomic E-state index is 0.194. The van der Waals surface area contributed by atoms with Gasteiger partial charge < -0.3 is 5.32 Å². The molecule has 3 amide bonds. The number of fused-ring (bicyclic) bond motifs is 1. The summed E-state index contributed by atoms with van der Waals surface area (Å²) in [5.41, 5.74) is -0.649. The van der Waals surface area contributed by atoms with Crippen molar-refractivity contribution in [1.29, 1.82) is 0 Å². The average molecular weight is 330 g/mol. The first-order chi connectivity index (χ1) is 10.7. The van der Waals surface area contributed by atoms with Gasteiger partial charge in [0.2, 0.25) is 5.91 Å². The number of nitrogens with one attached hydrogen (secondary N) is 1. The van der Waals surface area contributed by atoms with Crippen molar-refractivity contribution in [2.75, 3.05) is 0 Å². The van der Waals surface area contributed by atoms with Gasteiger partial charge >= 0.3 is 6.18 Å². The Morgan fingerprint density at radius 2 is 1.78 bits per heavy atom. The molecule has 0 saturated carbocycles. The number of benzene rings is 1. The first-order valence-electron chi connectivity index (χ1n) is 6.75. The molecule has 0 bridgehead atoms. The number of hydrogen-bond donors (Lipinski definition) is 1. The summed E-state index contributed by atoms with van der Waals surface area (Å²) in [6, 6.07) is 0.0776. The smallest absolute Gasteiger partial charge is 0.343 e. The first kappa shape index (κ1) is 15.4. The Labute approximate surface area is 127 Å². The van der Waals surface area contributed by atoms with Crippen LogP contribution in [0.5, 0.6) is 0 Å². The molecule has 1 fully saturated rings. The third-order valence-corrected chi connectivity index (χ3v) is 3.95. The van der Waals surface area contributed by atoms with E-state index in [0.29, 0.717) is 4.90 Å². The van der Waals surface area contributed by atoms with Crippen LogP contribution in [-0.4, -0.2) is 40.9 Å². The number of imide groups is 1. The maximum atomic E-state index is 13.7. The number of nitrogens with zero attached hydrogens (tertiary/aromatic N) is 1. The van der Waals surface area contributed by atoms with Crippen molar-refractivity contribution < 1.29 is 31.9 Å². The number of carbonyl (C=O) groups excluding carboxylic acids is 3. The van der Waals surface area contributed by atoms with Crippen LogP contribution in [0.4, 0.5) is 17.6 Å². The van der Waals surface area contributed by atoms with Crippen LogP contribution in [-0.2, 0) is 4.79 Å². The van der Waals surface area contributed by atoms with Gasteiger partial charge in [-0.3, -0.25) is 19.3 Å². The Balaban J connectivity index is 1.88. The molecule has 9 heteroatoms. The number of amides is 3. The Morgan fingerprint density at radius 1 is 1.09 bits per heavy atom. The fourth-order valence-corrected chi connectivity index (χ4v) is 2.83. The van der Waals surface area contributed by atoms with Crippen LogP contribution >= 0.6 is 0 Å². The lowest BCUT2D eigenvalue weighted by Gasteiger charge is -2.33. The SMILES string of the molecule is O=C1NC(C(F)(F)F)CCC1N1C(=O)c2cccc(F)c2C1=O. The van der Waals surface area contributed by atoms with E-state index in [9.17, 15) is 31.9 Å². The zero-order valence-corrected chi connectivity index (χ0v) is 11.5. The zero-order chi connectivity index (χ0) is 16.9. The van der Waals surface area contributed by atoms with E-state index in [0.717, 1.165) is 6.07 Å². The van der Waals surface area contributed by atoms with Crippen LogP contribution in [0.1, 0.15) is 33.6 Å². The summed E-state index contributed by atoms with van der Waals surface area (Å²) >= 11 is 0. The third-order valence-electron chi connectivity index (χ3n) is 3.95. The van der Waals surface area contributed by atoms with Crippen molar-refractivity contribution in [3.05, 3.63) is 35.1 Å². The number of halogens is 4. The fourth-order valence-electron chi connectivity index (χ4n) is 2.83. The predicted molar refractivity (Wildman–Crippen MR) is 67.9 cm³/mol. The van der Waals surface area contributed by atoms with Crippen molar-refractivity contribution in [2.24, 2.45) is 0 Å². The van der Waals surface area contributed by atoms with Crippen molar-refractivity contribution in [3.8, 4) is 0 Å². The number of rotatable bonds is 1. The van der Waals surface area contributed by atoms with Crippen LogP contribution < -0.4 is 5.32 Å². The summed E-state index contributed by atoms with van der Waals surface area (Å²) in [6.07, 6.45) is -5.40. The second-order valence-corrected chi connectivity index (χ2v) is 5.34. The summed E-state index contributed by atoms with van der Waals surface area (Å²) in [5, 5.41) is 1.76. The summed E-state index contributed by atoms with van der Waals surface area (Å²) in [7, 11) is 0. The van der Waals surface area contributed by atoms with Crippen molar-refractivity contribution in [3.63, 3.8) is 0 Å². The lowest BCUT2D eigenvalue weighted by Crippen LogP contribution is -2.59. The van der Waals surface area contributed by atoms with E-state index in [-0.39, 0.29) is 12.0 Å². The molecule has 5 nitrogen and oxygen atoms in total. The molecule has 1 N–H and O–H groups in total. The van der Waals surface area contributed by atoms with Crippen LogP contribution in [0.25, 0.3) is 0 Å². The van der Waals surface area contributed by atoms with E-state index >= 15 is 0 Å². The Kier molecular flexibility index (Phi) is 3.38. The molecule has 0 radical (unpaired) electrons. The van der Waals surface area contributed by atoms with E-state index in [1.54, 1.807) is 5.32 Å². The maximum Gasteiger partial charge on any atom is 0.408 e. The highest BCUT2D eigenvalue weighted by molar-refractivity contribution is 6.23. The topological polar surface area (TPSA) is 66.5 Å². The number of piperidine rings is 1. The molecule has 23 heavy (non-hydrogen) atoms. The molecule has 1 aromatic carbocycles. The van der Waals surface area contributed by atoms with Gasteiger partial charge in [-0.2, -0.15) is 13.2 Å². The summed E-state index contributed by atoms with van der Waals surface area (Å²) < 4.78 is 51.6. The highest BCUT2D eigenvalue weighted by Gasteiger charge is 2.50. The highest BCUT2D eigenvalue weighted by atomic mass is 19.4. The molecule has 2 unspecified atom stereocenters. The molecule has 0 aromatic heterocycles. The molecular formula is C14H10F4N2O3. The van der Waals surface area contributed by atoms with Gasteiger partial charge in [0.15, 0.2) is 0 Å². The molecule has 2 atom stereocenters. The van der Waals surface area contributed by atoms with Gasteiger partial charge in [-0.25, -0.2) is 4.39 Å². The van der Waals surface area contributed by atoms with E-state index in [4.69, 9.17) is 0 Å². The van der Waals surface area contributed by atoms with Crippen LogP contribution in [0.3, 0.4) is 0 Å². The maximum absolute atomic E-state index is 13.7. The quantitative estimate of drug-likeness (QED) is 0.629. The predicted octanol–water partition coefficient (Wildman–Crippen LogP) is 1.63. The molecule has 3 rings (SSSR count). The second kappa shape index (κ2) is 5.04. The number of alkyl halides is 3. The number of hydrogen-bond acceptors (Lipinski definition) is 3. The Morgan fingerprint density at radius 3 is 2.35 bits per heavy atom. The lowest BCUT2D eigenvalue weighted by molar-refractivity contribution is -0.169. The molecule has 0 spiro atoms. The normalized spacial score (nSPS) is 24.7. The highest BCUT2D eigenvalue weighted by Crippen LogP contribution is 2.32.